The minimum Gasteiger partial charge on any atom is -0.486 e. The summed E-state index contributed by atoms with van der Waals surface area (Å²) >= 11 is 0. The first-order valence-corrected chi connectivity index (χ1v) is 12.1. The summed E-state index contributed by atoms with van der Waals surface area (Å²) in [6, 6.07) is 12.6. The van der Waals surface area contributed by atoms with Crippen molar-refractivity contribution in [1.82, 2.24) is 5.32 Å². The zero-order chi connectivity index (χ0) is 23.6. The largest absolute Gasteiger partial charge is 0.486 e. The van der Waals surface area contributed by atoms with Crippen LogP contribution in [0.25, 0.3) is 0 Å². The predicted molar refractivity (Wildman–Crippen MR) is 129 cm³/mol. The van der Waals surface area contributed by atoms with Crippen LogP contribution in [-0.4, -0.2) is 36.4 Å². The Kier molecular flexibility index (Phi) is 9.43. The van der Waals surface area contributed by atoms with Gasteiger partial charge in [0.2, 0.25) is 0 Å². The fourth-order valence-electron chi connectivity index (χ4n) is 3.93. The van der Waals surface area contributed by atoms with Gasteiger partial charge < -0.3 is 24.6 Å². The first kappa shape index (κ1) is 24.9. The van der Waals surface area contributed by atoms with Gasteiger partial charge in [0.05, 0.1) is 12.1 Å². The summed E-state index contributed by atoms with van der Waals surface area (Å²) in [6.07, 6.45) is 4.68. The first-order chi connectivity index (χ1) is 16.0. The number of rotatable bonds is 12. The molecule has 6 heteroatoms. The summed E-state index contributed by atoms with van der Waals surface area (Å²) in [4.78, 5) is 12.9. The molecular weight excluding hydrogens is 418 g/mol. The van der Waals surface area contributed by atoms with E-state index in [4.69, 9.17) is 14.2 Å². The molecule has 1 amide bonds. The standard InChI is InChI=1S/C27H37NO5/c1-4-5-6-7-8-9-23(26(29)21-12-15-24-25(18-21)32-17-16-31-24)28-27(30)20(3)33-22-13-10-19(2)11-14-22/h10-15,18,20,23,26,29H,4-9,16-17H2,1-3H3,(H,28,30). The number of carbonyl (C=O) groups excluding carboxylic acids is 1. The average Bonchev–Trinajstić information content (AvgIpc) is 2.83. The predicted octanol–water partition coefficient (Wildman–Crippen LogP) is 5.11. The van der Waals surface area contributed by atoms with E-state index in [0.717, 1.165) is 24.8 Å². The number of aliphatic hydroxyl groups excluding tert-OH is 1. The van der Waals surface area contributed by atoms with Crippen LogP contribution in [0.15, 0.2) is 42.5 Å². The lowest BCUT2D eigenvalue weighted by molar-refractivity contribution is -0.129. The number of amides is 1. The highest BCUT2D eigenvalue weighted by Gasteiger charge is 2.27. The Labute approximate surface area is 197 Å². The molecule has 0 aliphatic carbocycles. The Hall–Kier alpha value is -2.73. The molecule has 3 atom stereocenters. The van der Waals surface area contributed by atoms with Gasteiger partial charge in [-0.1, -0.05) is 62.8 Å². The highest BCUT2D eigenvalue weighted by molar-refractivity contribution is 5.81. The van der Waals surface area contributed by atoms with E-state index in [-0.39, 0.29) is 5.91 Å². The average molecular weight is 456 g/mol. The van der Waals surface area contributed by atoms with Crippen molar-refractivity contribution in [2.75, 3.05) is 13.2 Å². The van der Waals surface area contributed by atoms with E-state index < -0.39 is 18.2 Å². The molecule has 0 saturated carbocycles. The van der Waals surface area contributed by atoms with Gasteiger partial charge in [0.25, 0.3) is 5.91 Å². The molecule has 3 unspecified atom stereocenters. The number of hydrogen-bond acceptors (Lipinski definition) is 5. The van der Waals surface area contributed by atoms with Gasteiger partial charge in [0.15, 0.2) is 17.6 Å². The Morgan fingerprint density at radius 2 is 1.73 bits per heavy atom. The molecule has 180 valence electrons. The van der Waals surface area contributed by atoms with Gasteiger partial charge in [-0.05, 0) is 50.1 Å². The molecule has 6 nitrogen and oxygen atoms in total. The van der Waals surface area contributed by atoms with Crippen LogP contribution in [0.4, 0.5) is 0 Å². The SMILES string of the molecule is CCCCCCCC(NC(=O)C(C)Oc1ccc(C)cc1)C(O)c1ccc2c(c1)OCCO2. The quantitative estimate of drug-likeness (QED) is 0.435. The van der Waals surface area contributed by atoms with Crippen LogP contribution >= 0.6 is 0 Å². The van der Waals surface area contributed by atoms with Crippen molar-refractivity contribution >= 4 is 5.91 Å². The molecule has 2 N–H and O–H groups in total. The van der Waals surface area contributed by atoms with Gasteiger partial charge in [-0.2, -0.15) is 0 Å². The first-order valence-electron chi connectivity index (χ1n) is 12.1. The van der Waals surface area contributed by atoms with Gasteiger partial charge in [-0.25, -0.2) is 0 Å². The van der Waals surface area contributed by atoms with E-state index in [0.29, 0.717) is 42.4 Å². The third-order valence-electron chi connectivity index (χ3n) is 5.94. The Bertz CT molecular complexity index is 883. The third kappa shape index (κ3) is 7.39. The number of unbranched alkanes of at least 4 members (excludes halogenated alkanes) is 4. The fourth-order valence-corrected chi connectivity index (χ4v) is 3.93. The van der Waals surface area contributed by atoms with Crippen LogP contribution in [0.5, 0.6) is 17.2 Å². The van der Waals surface area contributed by atoms with E-state index >= 15 is 0 Å². The number of carbonyl (C=O) groups is 1. The zero-order valence-corrected chi connectivity index (χ0v) is 20.0. The van der Waals surface area contributed by atoms with Crippen LogP contribution in [0.3, 0.4) is 0 Å². The number of fused-ring (bicyclic) bond motifs is 1. The number of aryl methyl sites for hydroxylation is 1. The fraction of sp³-hybridized carbons (Fsp3) is 0.519. The van der Waals surface area contributed by atoms with Crippen LogP contribution in [0.1, 0.15) is 69.6 Å². The topological polar surface area (TPSA) is 77.0 Å². The lowest BCUT2D eigenvalue weighted by atomic mass is 9.96. The van der Waals surface area contributed by atoms with Gasteiger partial charge >= 0.3 is 0 Å². The van der Waals surface area contributed by atoms with Crippen molar-refractivity contribution in [3.63, 3.8) is 0 Å². The summed E-state index contributed by atoms with van der Waals surface area (Å²) < 4.78 is 17.1. The smallest absolute Gasteiger partial charge is 0.261 e. The molecule has 1 aliphatic heterocycles. The molecule has 0 radical (unpaired) electrons. The summed E-state index contributed by atoms with van der Waals surface area (Å²) in [5.41, 5.74) is 1.83. The van der Waals surface area contributed by atoms with Crippen LogP contribution < -0.4 is 19.5 Å². The molecule has 0 fully saturated rings. The lowest BCUT2D eigenvalue weighted by Crippen LogP contribution is -2.45. The second kappa shape index (κ2) is 12.5. The van der Waals surface area contributed by atoms with E-state index in [2.05, 4.69) is 12.2 Å². The summed E-state index contributed by atoms with van der Waals surface area (Å²) in [5, 5.41) is 14.2. The molecule has 0 bridgehead atoms. The van der Waals surface area contributed by atoms with Gasteiger partial charge in [-0.15, -0.1) is 0 Å². The van der Waals surface area contributed by atoms with Crippen molar-refractivity contribution < 1.29 is 24.1 Å². The molecule has 0 spiro atoms. The van der Waals surface area contributed by atoms with Crippen molar-refractivity contribution in [1.29, 1.82) is 0 Å². The molecule has 2 aromatic carbocycles. The van der Waals surface area contributed by atoms with Gasteiger partial charge in [-0.3, -0.25) is 4.79 Å². The number of hydrogen-bond donors (Lipinski definition) is 2. The second-order valence-electron chi connectivity index (χ2n) is 8.74. The van der Waals surface area contributed by atoms with E-state index in [1.807, 2.05) is 49.4 Å². The van der Waals surface area contributed by atoms with Crippen LogP contribution in [0.2, 0.25) is 0 Å². The summed E-state index contributed by atoms with van der Waals surface area (Å²) in [7, 11) is 0. The Morgan fingerprint density at radius 1 is 1.03 bits per heavy atom. The number of benzene rings is 2. The minimum atomic E-state index is -0.859. The molecule has 1 aliphatic rings. The maximum absolute atomic E-state index is 12.9. The van der Waals surface area contributed by atoms with Crippen LogP contribution in [0, 0.1) is 6.92 Å². The molecule has 33 heavy (non-hydrogen) atoms. The molecule has 2 aromatic rings. The van der Waals surface area contributed by atoms with Crippen molar-refractivity contribution in [3.05, 3.63) is 53.6 Å². The maximum atomic E-state index is 12.9. The highest BCUT2D eigenvalue weighted by atomic mass is 16.6. The summed E-state index contributed by atoms with van der Waals surface area (Å²) in [6.45, 7) is 6.92. The van der Waals surface area contributed by atoms with Crippen molar-refractivity contribution in [3.8, 4) is 17.2 Å². The number of nitrogens with one attached hydrogen (secondary N) is 1. The zero-order valence-electron chi connectivity index (χ0n) is 20.0. The van der Waals surface area contributed by atoms with Crippen LogP contribution in [-0.2, 0) is 4.79 Å². The number of aliphatic hydroxyl groups is 1. The van der Waals surface area contributed by atoms with Crippen molar-refractivity contribution in [2.45, 2.75) is 77.5 Å². The molecule has 0 aromatic heterocycles. The normalized spacial score (nSPS) is 15.4. The molecular formula is C27H37NO5. The minimum absolute atomic E-state index is 0.245. The maximum Gasteiger partial charge on any atom is 0.261 e. The number of ether oxygens (including phenoxy) is 3. The van der Waals surface area contributed by atoms with Gasteiger partial charge in [0, 0.05) is 0 Å². The Balaban J connectivity index is 1.67. The third-order valence-corrected chi connectivity index (χ3v) is 5.94. The van der Waals surface area contributed by atoms with Gasteiger partial charge in [0.1, 0.15) is 19.0 Å². The van der Waals surface area contributed by atoms with E-state index in [9.17, 15) is 9.90 Å². The van der Waals surface area contributed by atoms with E-state index in [1.165, 1.54) is 12.8 Å². The highest BCUT2D eigenvalue weighted by Crippen LogP contribution is 2.34. The lowest BCUT2D eigenvalue weighted by Gasteiger charge is -2.27. The molecule has 3 rings (SSSR count). The molecule has 1 heterocycles. The van der Waals surface area contributed by atoms with E-state index in [1.54, 1.807) is 6.92 Å². The summed E-state index contributed by atoms with van der Waals surface area (Å²) in [5.74, 6) is 1.71. The van der Waals surface area contributed by atoms with Crippen molar-refractivity contribution in [2.24, 2.45) is 0 Å². The molecule has 0 saturated heterocycles. The second-order valence-corrected chi connectivity index (χ2v) is 8.74. The Morgan fingerprint density at radius 3 is 2.45 bits per heavy atom. The monoisotopic (exact) mass is 455 g/mol.